The van der Waals surface area contributed by atoms with E-state index in [0.29, 0.717) is 12.6 Å². The SMILES string of the molecule is NCCn1cc(C2CCCCN2)nn1. The van der Waals surface area contributed by atoms with Crippen molar-refractivity contribution in [1.82, 2.24) is 20.3 Å². The number of nitrogens with zero attached hydrogens (tertiary/aromatic N) is 3. The highest BCUT2D eigenvalue weighted by Crippen LogP contribution is 2.20. The third-order valence-corrected chi connectivity index (χ3v) is 2.58. The first-order valence-electron chi connectivity index (χ1n) is 5.23. The summed E-state index contributed by atoms with van der Waals surface area (Å²) in [6.07, 6.45) is 5.71. The predicted octanol–water partition coefficient (Wildman–Crippen LogP) is 0.0514. The van der Waals surface area contributed by atoms with Crippen molar-refractivity contribution in [3.63, 3.8) is 0 Å². The quantitative estimate of drug-likeness (QED) is 0.715. The first-order valence-corrected chi connectivity index (χ1v) is 5.23. The molecule has 2 heterocycles. The smallest absolute Gasteiger partial charge is 0.0996 e. The minimum atomic E-state index is 0.398. The van der Waals surface area contributed by atoms with Gasteiger partial charge in [-0.2, -0.15) is 0 Å². The van der Waals surface area contributed by atoms with Crippen LogP contribution in [0.15, 0.2) is 6.20 Å². The van der Waals surface area contributed by atoms with Crippen molar-refractivity contribution in [2.24, 2.45) is 5.73 Å². The van der Waals surface area contributed by atoms with Gasteiger partial charge in [0.15, 0.2) is 0 Å². The summed E-state index contributed by atoms with van der Waals surface area (Å²) in [6.45, 7) is 2.45. The monoisotopic (exact) mass is 195 g/mol. The van der Waals surface area contributed by atoms with Gasteiger partial charge in [0, 0.05) is 6.54 Å². The number of hydrogen-bond acceptors (Lipinski definition) is 4. The third-order valence-electron chi connectivity index (χ3n) is 2.58. The van der Waals surface area contributed by atoms with Gasteiger partial charge in [0.05, 0.1) is 24.5 Å². The minimum Gasteiger partial charge on any atom is -0.329 e. The Morgan fingerprint density at radius 1 is 1.57 bits per heavy atom. The summed E-state index contributed by atoms with van der Waals surface area (Å²) in [5, 5.41) is 11.6. The predicted molar refractivity (Wildman–Crippen MR) is 53.7 cm³/mol. The lowest BCUT2D eigenvalue weighted by molar-refractivity contribution is 0.405. The molecule has 0 bridgehead atoms. The van der Waals surface area contributed by atoms with E-state index < -0.39 is 0 Å². The zero-order chi connectivity index (χ0) is 9.80. The van der Waals surface area contributed by atoms with Crippen LogP contribution in [-0.2, 0) is 6.54 Å². The second-order valence-electron chi connectivity index (χ2n) is 3.70. The molecule has 1 aromatic rings. The standard InChI is InChI=1S/C9H17N5/c10-4-6-14-7-9(12-13-14)8-3-1-2-5-11-8/h7-8,11H,1-6,10H2. The Bertz CT molecular complexity index is 276. The summed E-state index contributed by atoms with van der Waals surface area (Å²) < 4.78 is 1.81. The summed E-state index contributed by atoms with van der Waals surface area (Å²) in [6, 6.07) is 0.398. The summed E-state index contributed by atoms with van der Waals surface area (Å²) in [5.41, 5.74) is 6.50. The highest BCUT2D eigenvalue weighted by molar-refractivity contribution is 5.01. The molecule has 5 nitrogen and oxygen atoms in total. The molecule has 1 unspecified atom stereocenters. The molecular formula is C9H17N5. The lowest BCUT2D eigenvalue weighted by Gasteiger charge is -2.20. The molecule has 1 fully saturated rings. The topological polar surface area (TPSA) is 68.8 Å². The van der Waals surface area contributed by atoms with Crippen molar-refractivity contribution in [1.29, 1.82) is 0 Å². The molecule has 0 spiro atoms. The van der Waals surface area contributed by atoms with E-state index in [0.717, 1.165) is 18.8 Å². The van der Waals surface area contributed by atoms with E-state index in [1.165, 1.54) is 19.3 Å². The maximum Gasteiger partial charge on any atom is 0.0996 e. The van der Waals surface area contributed by atoms with Gasteiger partial charge >= 0.3 is 0 Å². The van der Waals surface area contributed by atoms with Crippen molar-refractivity contribution in [2.75, 3.05) is 13.1 Å². The van der Waals surface area contributed by atoms with Crippen LogP contribution in [0.2, 0.25) is 0 Å². The fourth-order valence-electron chi connectivity index (χ4n) is 1.82. The van der Waals surface area contributed by atoms with Gasteiger partial charge in [-0.3, -0.25) is 4.68 Å². The summed E-state index contributed by atoms with van der Waals surface area (Å²) in [4.78, 5) is 0. The third kappa shape index (κ3) is 2.10. The Hall–Kier alpha value is -0.940. The summed E-state index contributed by atoms with van der Waals surface area (Å²) in [5.74, 6) is 0. The number of aromatic nitrogens is 3. The lowest BCUT2D eigenvalue weighted by atomic mass is 10.0. The maximum atomic E-state index is 5.44. The van der Waals surface area contributed by atoms with Crippen molar-refractivity contribution in [2.45, 2.75) is 31.8 Å². The van der Waals surface area contributed by atoms with E-state index in [4.69, 9.17) is 5.73 Å². The van der Waals surface area contributed by atoms with E-state index in [2.05, 4.69) is 15.6 Å². The maximum absolute atomic E-state index is 5.44. The van der Waals surface area contributed by atoms with E-state index >= 15 is 0 Å². The van der Waals surface area contributed by atoms with Gasteiger partial charge in [-0.05, 0) is 19.4 Å². The van der Waals surface area contributed by atoms with Crippen LogP contribution >= 0.6 is 0 Å². The Labute approximate surface area is 83.7 Å². The normalized spacial score (nSPS) is 22.5. The number of rotatable bonds is 3. The van der Waals surface area contributed by atoms with Crippen LogP contribution < -0.4 is 11.1 Å². The van der Waals surface area contributed by atoms with E-state index in [1.54, 1.807) is 0 Å². The number of nitrogens with two attached hydrogens (primary N) is 1. The second kappa shape index (κ2) is 4.52. The molecule has 0 aliphatic carbocycles. The molecule has 14 heavy (non-hydrogen) atoms. The van der Waals surface area contributed by atoms with Gasteiger partial charge in [-0.15, -0.1) is 5.10 Å². The van der Waals surface area contributed by atoms with Crippen LogP contribution in [0.3, 0.4) is 0 Å². The van der Waals surface area contributed by atoms with Crippen LogP contribution in [0.25, 0.3) is 0 Å². The second-order valence-corrected chi connectivity index (χ2v) is 3.70. The average Bonchev–Trinajstić information content (AvgIpc) is 2.68. The van der Waals surface area contributed by atoms with E-state index in [1.807, 2.05) is 10.9 Å². The van der Waals surface area contributed by atoms with Gasteiger partial charge in [0.2, 0.25) is 0 Å². The summed E-state index contributed by atoms with van der Waals surface area (Å²) in [7, 11) is 0. The Kier molecular flexibility index (Phi) is 3.10. The van der Waals surface area contributed by atoms with E-state index in [-0.39, 0.29) is 0 Å². The van der Waals surface area contributed by atoms with E-state index in [9.17, 15) is 0 Å². The molecule has 1 aromatic heterocycles. The van der Waals surface area contributed by atoms with Crippen molar-refractivity contribution < 1.29 is 0 Å². The van der Waals surface area contributed by atoms with Gasteiger partial charge in [-0.25, -0.2) is 0 Å². The molecule has 0 saturated carbocycles. The molecule has 0 amide bonds. The molecule has 3 N–H and O–H groups in total. The zero-order valence-corrected chi connectivity index (χ0v) is 8.32. The fraction of sp³-hybridized carbons (Fsp3) is 0.778. The molecule has 1 aliphatic rings. The van der Waals surface area contributed by atoms with Crippen molar-refractivity contribution in [3.8, 4) is 0 Å². The minimum absolute atomic E-state index is 0.398. The molecule has 2 rings (SSSR count). The number of nitrogens with one attached hydrogen (secondary N) is 1. The fourth-order valence-corrected chi connectivity index (χ4v) is 1.82. The van der Waals surface area contributed by atoms with Crippen molar-refractivity contribution in [3.05, 3.63) is 11.9 Å². The highest BCUT2D eigenvalue weighted by Gasteiger charge is 2.17. The molecule has 1 saturated heterocycles. The Balaban J connectivity index is 2.00. The molecule has 1 aliphatic heterocycles. The van der Waals surface area contributed by atoms with Gasteiger partial charge in [-0.1, -0.05) is 11.6 Å². The number of hydrogen-bond donors (Lipinski definition) is 2. The molecule has 0 aromatic carbocycles. The van der Waals surface area contributed by atoms with Gasteiger partial charge in [0.1, 0.15) is 0 Å². The molecule has 0 radical (unpaired) electrons. The average molecular weight is 195 g/mol. The Morgan fingerprint density at radius 2 is 2.50 bits per heavy atom. The van der Waals surface area contributed by atoms with Crippen LogP contribution in [0.5, 0.6) is 0 Å². The van der Waals surface area contributed by atoms with Crippen LogP contribution in [0.1, 0.15) is 31.0 Å². The van der Waals surface area contributed by atoms with Gasteiger partial charge in [0.25, 0.3) is 0 Å². The first-order chi connectivity index (χ1) is 6.90. The van der Waals surface area contributed by atoms with Gasteiger partial charge < -0.3 is 11.1 Å². The molecule has 78 valence electrons. The number of piperidine rings is 1. The van der Waals surface area contributed by atoms with Crippen LogP contribution in [0.4, 0.5) is 0 Å². The highest BCUT2D eigenvalue weighted by atomic mass is 15.4. The Morgan fingerprint density at radius 3 is 3.21 bits per heavy atom. The van der Waals surface area contributed by atoms with Crippen LogP contribution in [0, 0.1) is 0 Å². The molecule has 1 atom stereocenters. The molecular weight excluding hydrogens is 178 g/mol. The summed E-state index contributed by atoms with van der Waals surface area (Å²) >= 11 is 0. The lowest BCUT2D eigenvalue weighted by Crippen LogP contribution is -2.27. The largest absolute Gasteiger partial charge is 0.329 e. The first kappa shape index (κ1) is 9.61. The van der Waals surface area contributed by atoms with Crippen LogP contribution in [-0.4, -0.2) is 28.1 Å². The zero-order valence-electron chi connectivity index (χ0n) is 8.32. The van der Waals surface area contributed by atoms with Crippen molar-refractivity contribution >= 4 is 0 Å². The molecule has 5 heteroatoms.